The molecule has 0 aliphatic heterocycles. The van der Waals surface area contributed by atoms with Crippen LogP contribution >= 0.6 is 11.3 Å². The van der Waals surface area contributed by atoms with Crippen molar-refractivity contribution >= 4 is 70.5 Å². The van der Waals surface area contributed by atoms with Gasteiger partial charge in [-0.2, -0.15) is 0 Å². The fraction of sp³-hybridized carbons (Fsp3) is 0. The maximum absolute atomic E-state index is 6.57. The molecule has 2 nitrogen and oxygen atoms in total. The molecule has 0 fully saturated rings. The van der Waals surface area contributed by atoms with Crippen molar-refractivity contribution in [2.75, 3.05) is 4.90 Å². The van der Waals surface area contributed by atoms with Gasteiger partial charge in [-0.05, 0) is 93.5 Å². The number of benzene rings is 9. The Hall–Kier alpha value is -7.20. The second-order valence-electron chi connectivity index (χ2n) is 14.5. The number of thiophene rings is 1. The highest BCUT2D eigenvalue weighted by atomic mass is 32.1. The summed E-state index contributed by atoms with van der Waals surface area (Å²) in [7, 11) is 0. The average molecular weight is 746 g/mol. The highest BCUT2D eigenvalue weighted by Gasteiger charge is 2.20. The average Bonchev–Trinajstić information content (AvgIpc) is 3.86. The van der Waals surface area contributed by atoms with Crippen LogP contribution in [-0.2, 0) is 0 Å². The van der Waals surface area contributed by atoms with E-state index in [-0.39, 0.29) is 0 Å². The zero-order chi connectivity index (χ0) is 37.7. The van der Waals surface area contributed by atoms with Gasteiger partial charge in [0.1, 0.15) is 11.2 Å². The van der Waals surface area contributed by atoms with Crippen molar-refractivity contribution in [3.05, 3.63) is 212 Å². The molecule has 9 aromatic carbocycles. The highest BCUT2D eigenvalue weighted by molar-refractivity contribution is 7.26. The molecule has 0 amide bonds. The van der Waals surface area contributed by atoms with Gasteiger partial charge in [-0.25, -0.2) is 0 Å². The first-order valence-corrected chi connectivity index (χ1v) is 20.1. The van der Waals surface area contributed by atoms with Crippen LogP contribution in [0.3, 0.4) is 0 Å². The predicted molar refractivity (Wildman–Crippen MR) is 243 cm³/mol. The molecule has 2 heterocycles. The third-order valence-electron chi connectivity index (χ3n) is 11.1. The van der Waals surface area contributed by atoms with E-state index in [0.29, 0.717) is 0 Å². The number of hydrogen-bond acceptors (Lipinski definition) is 3. The van der Waals surface area contributed by atoms with E-state index in [0.717, 1.165) is 39.0 Å². The quantitative estimate of drug-likeness (QED) is 0.162. The first-order chi connectivity index (χ1) is 28.3. The topological polar surface area (TPSA) is 16.4 Å². The van der Waals surface area contributed by atoms with E-state index in [2.05, 4.69) is 211 Å². The minimum absolute atomic E-state index is 0.917. The van der Waals surface area contributed by atoms with Crippen LogP contribution in [0.2, 0.25) is 0 Å². The number of rotatable bonds is 7. The number of anilines is 3. The molecular formula is C54H35NOS. The lowest BCUT2D eigenvalue weighted by atomic mass is 9.94. The summed E-state index contributed by atoms with van der Waals surface area (Å²) >= 11 is 1.84. The monoisotopic (exact) mass is 745 g/mol. The van der Waals surface area contributed by atoms with Gasteiger partial charge >= 0.3 is 0 Å². The van der Waals surface area contributed by atoms with Crippen molar-refractivity contribution in [2.24, 2.45) is 0 Å². The zero-order valence-corrected chi connectivity index (χ0v) is 31.8. The third-order valence-corrected chi connectivity index (χ3v) is 12.3. The molecule has 0 saturated heterocycles. The maximum Gasteiger partial charge on any atom is 0.144 e. The molecular weight excluding hydrogens is 711 g/mol. The Morgan fingerprint density at radius 2 is 0.807 bits per heavy atom. The van der Waals surface area contributed by atoms with E-state index in [1.807, 2.05) is 17.4 Å². The molecule has 0 N–H and O–H groups in total. The van der Waals surface area contributed by atoms with E-state index in [9.17, 15) is 0 Å². The van der Waals surface area contributed by atoms with E-state index in [4.69, 9.17) is 4.42 Å². The van der Waals surface area contributed by atoms with Crippen LogP contribution in [0, 0.1) is 0 Å². The van der Waals surface area contributed by atoms with Crippen molar-refractivity contribution < 1.29 is 4.42 Å². The molecule has 0 atom stereocenters. The van der Waals surface area contributed by atoms with Crippen molar-refractivity contribution in [2.45, 2.75) is 0 Å². The van der Waals surface area contributed by atoms with Crippen LogP contribution in [0.5, 0.6) is 0 Å². The van der Waals surface area contributed by atoms with Gasteiger partial charge in [-0.1, -0.05) is 158 Å². The molecule has 57 heavy (non-hydrogen) atoms. The second-order valence-corrected chi connectivity index (χ2v) is 15.5. The first kappa shape index (κ1) is 33.2. The normalized spacial score (nSPS) is 11.5. The summed E-state index contributed by atoms with van der Waals surface area (Å²) in [6.07, 6.45) is 0. The minimum atomic E-state index is 0.917. The van der Waals surface area contributed by atoms with Crippen LogP contribution in [0.1, 0.15) is 0 Å². The molecule has 268 valence electrons. The standard InChI is InChI=1S/C54H35NOS/c1-3-13-36(14-4-1)37-23-29-41(30-24-37)55(42-31-25-39(26-32-42)45-18-8-7-17-44(45)38-15-5-2-6-16-38)43-33-27-40(28-34-43)48-35-49-46-19-9-11-21-50(46)56-53(49)52-47-20-10-12-22-51(47)57-54(48)52/h1-35H. The number of para-hydroxylation sites is 1. The molecule has 0 aliphatic carbocycles. The molecule has 0 saturated carbocycles. The smallest absolute Gasteiger partial charge is 0.144 e. The number of hydrogen-bond donors (Lipinski definition) is 0. The number of fused-ring (bicyclic) bond motifs is 7. The molecule has 11 rings (SSSR count). The molecule has 0 aliphatic rings. The fourth-order valence-electron chi connectivity index (χ4n) is 8.34. The lowest BCUT2D eigenvalue weighted by Gasteiger charge is -2.26. The summed E-state index contributed by atoms with van der Waals surface area (Å²) in [5, 5.41) is 4.72. The van der Waals surface area contributed by atoms with E-state index in [1.54, 1.807) is 0 Å². The van der Waals surface area contributed by atoms with Crippen molar-refractivity contribution in [3.63, 3.8) is 0 Å². The van der Waals surface area contributed by atoms with Gasteiger partial charge in [-0.15, -0.1) is 11.3 Å². The highest BCUT2D eigenvalue weighted by Crippen LogP contribution is 2.47. The van der Waals surface area contributed by atoms with Gasteiger partial charge in [0.15, 0.2) is 0 Å². The largest absolute Gasteiger partial charge is 0.455 e. The first-order valence-electron chi connectivity index (χ1n) is 19.3. The van der Waals surface area contributed by atoms with Crippen LogP contribution in [0.25, 0.3) is 86.6 Å². The van der Waals surface area contributed by atoms with Gasteiger partial charge in [-0.3, -0.25) is 0 Å². The van der Waals surface area contributed by atoms with Crippen LogP contribution in [0.15, 0.2) is 217 Å². The Balaban J connectivity index is 1.03. The summed E-state index contributed by atoms with van der Waals surface area (Å²) in [6.45, 7) is 0. The number of furan rings is 1. The third kappa shape index (κ3) is 5.80. The summed E-state index contributed by atoms with van der Waals surface area (Å²) in [4.78, 5) is 2.35. The summed E-state index contributed by atoms with van der Waals surface area (Å²) in [5.74, 6) is 0. The molecule has 0 unspecified atom stereocenters. The molecule has 2 aromatic heterocycles. The van der Waals surface area contributed by atoms with Crippen LogP contribution in [-0.4, -0.2) is 0 Å². The van der Waals surface area contributed by atoms with Gasteiger partial charge in [0.05, 0.1) is 0 Å². The lowest BCUT2D eigenvalue weighted by Crippen LogP contribution is -2.09. The van der Waals surface area contributed by atoms with E-state index >= 15 is 0 Å². The predicted octanol–water partition coefficient (Wildman–Crippen LogP) is 16.1. The SMILES string of the molecule is c1ccc(-c2ccc(N(c3ccc(-c4ccccc4-c4ccccc4)cc3)c3ccc(-c4cc5c6ccccc6oc5c5c4sc4ccccc45)cc3)cc2)cc1. The Bertz CT molecular complexity index is 3200. The summed E-state index contributed by atoms with van der Waals surface area (Å²) in [5.41, 5.74) is 14.8. The van der Waals surface area contributed by atoms with E-state index < -0.39 is 0 Å². The Kier molecular flexibility index (Phi) is 8.04. The Morgan fingerprint density at radius 3 is 1.44 bits per heavy atom. The zero-order valence-electron chi connectivity index (χ0n) is 31.0. The fourth-order valence-corrected chi connectivity index (χ4v) is 9.58. The van der Waals surface area contributed by atoms with Crippen LogP contribution < -0.4 is 4.90 Å². The molecule has 0 spiro atoms. The lowest BCUT2D eigenvalue weighted by molar-refractivity contribution is 0.673. The van der Waals surface area contributed by atoms with Gasteiger partial charge < -0.3 is 9.32 Å². The van der Waals surface area contributed by atoms with Crippen molar-refractivity contribution in [3.8, 4) is 44.5 Å². The molecule has 0 radical (unpaired) electrons. The van der Waals surface area contributed by atoms with Gasteiger partial charge in [0.25, 0.3) is 0 Å². The second kappa shape index (κ2) is 13.8. The molecule has 3 heteroatoms. The molecule has 0 bridgehead atoms. The van der Waals surface area contributed by atoms with E-state index in [1.165, 1.54) is 64.7 Å². The Morgan fingerprint density at radius 1 is 0.351 bits per heavy atom. The van der Waals surface area contributed by atoms with Crippen molar-refractivity contribution in [1.82, 2.24) is 0 Å². The van der Waals surface area contributed by atoms with Crippen molar-refractivity contribution in [1.29, 1.82) is 0 Å². The molecule has 11 aromatic rings. The number of nitrogens with zero attached hydrogens (tertiary/aromatic N) is 1. The van der Waals surface area contributed by atoms with Gasteiger partial charge in [0.2, 0.25) is 0 Å². The van der Waals surface area contributed by atoms with Gasteiger partial charge in [0, 0.05) is 53.6 Å². The maximum atomic E-state index is 6.57. The summed E-state index contributed by atoms with van der Waals surface area (Å²) in [6, 6.07) is 76.2. The summed E-state index contributed by atoms with van der Waals surface area (Å²) < 4.78 is 9.08. The Labute approximate surface area is 335 Å². The van der Waals surface area contributed by atoms with Crippen LogP contribution in [0.4, 0.5) is 17.1 Å². The minimum Gasteiger partial charge on any atom is -0.455 e.